The van der Waals surface area contributed by atoms with Crippen molar-refractivity contribution in [3.63, 3.8) is 0 Å². The van der Waals surface area contributed by atoms with E-state index in [1.165, 1.54) is 44.8 Å². The Morgan fingerprint density at radius 3 is 1.12 bits per heavy atom. The van der Waals surface area contributed by atoms with E-state index < -0.39 is 0 Å². The first kappa shape index (κ1) is 29.6. The van der Waals surface area contributed by atoms with Crippen LogP contribution < -0.4 is 9.13 Å². The second kappa shape index (κ2) is 12.5. The van der Waals surface area contributed by atoms with Crippen molar-refractivity contribution >= 4 is 0 Å². The number of rotatable bonds is 10. The Labute approximate surface area is 252 Å². The van der Waals surface area contributed by atoms with Crippen LogP contribution in [-0.4, -0.2) is 9.13 Å². The van der Waals surface area contributed by atoms with Crippen molar-refractivity contribution in [2.75, 3.05) is 0 Å². The van der Waals surface area contributed by atoms with Crippen molar-refractivity contribution in [2.24, 2.45) is 0 Å². The van der Waals surface area contributed by atoms with Gasteiger partial charge in [-0.15, -0.1) is 0 Å². The van der Waals surface area contributed by atoms with E-state index in [1.807, 2.05) is 0 Å². The van der Waals surface area contributed by atoms with Crippen molar-refractivity contribution in [3.05, 3.63) is 131 Å². The SMILES string of the molecule is CC(C)c1cccc(C(C)C)c1-n1cc[n+](Cc2ccccc2C[n+]2ccn(-c3c(C(C)C)cccc3C(C)C)c2)c1. The van der Waals surface area contributed by atoms with Crippen molar-refractivity contribution in [1.82, 2.24) is 9.13 Å². The van der Waals surface area contributed by atoms with Gasteiger partial charge < -0.3 is 0 Å². The summed E-state index contributed by atoms with van der Waals surface area (Å²) in [6, 6.07) is 22.4. The number of hydrogen-bond donors (Lipinski definition) is 0. The molecule has 0 N–H and O–H groups in total. The Morgan fingerprint density at radius 2 is 0.810 bits per heavy atom. The highest BCUT2D eigenvalue weighted by atomic mass is 15.1. The smallest absolute Gasteiger partial charge is 0.232 e. The van der Waals surface area contributed by atoms with Crippen LogP contribution in [0.4, 0.5) is 0 Å². The Kier molecular flexibility index (Phi) is 8.82. The molecule has 0 aliphatic heterocycles. The van der Waals surface area contributed by atoms with Crippen LogP contribution in [0.1, 0.15) is 112 Å². The third-order valence-electron chi connectivity index (χ3n) is 8.41. The fourth-order valence-electron chi connectivity index (χ4n) is 6.12. The molecule has 0 aliphatic rings. The summed E-state index contributed by atoms with van der Waals surface area (Å²) in [7, 11) is 0. The lowest BCUT2D eigenvalue weighted by molar-refractivity contribution is -0.692. The highest BCUT2D eigenvalue weighted by Gasteiger charge is 2.22. The van der Waals surface area contributed by atoms with Gasteiger partial charge in [0.25, 0.3) is 0 Å². The van der Waals surface area contributed by atoms with E-state index in [-0.39, 0.29) is 0 Å². The maximum absolute atomic E-state index is 2.32. The van der Waals surface area contributed by atoms with Crippen LogP contribution in [0.3, 0.4) is 0 Å². The fraction of sp³-hybridized carbons (Fsp3) is 0.368. The molecule has 5 rings (SSSR count). The number of benzene rings is 3. The molecule has 5 aromatic rings. The standard InChI is InChI=1S/C38H48N4/c1-27(2)33-15-11-16-34(28(3)4)37(33)41-21-19-39(25-41)23-31-13-9-10-14-32(31)24-40-20-22-42(26-40)38-35(29(5)6)17-12-18-36(38)30(7)8/h9-22,25-30H,23-24H2,1-8H3/q+2. The molecule has 0 spiro atoms. The zero-order chi connectivity index (χ0) is 30.0. The second-order valence-corrected chi connectivity index (χ2v) is 12.9. The molecule has 0 saturated heterocycles. The monoisotopic (exact) mass is 560 g/mol. The van der Waals surface area contributed by atoms with E-state index in [9.17, 15) is 0 Å². The molecule has 0 bridgehead atoms. The van der Waals surface area contributed by atoms with E-state index in [2.05, 4.69) is 172 Å². The quantitative estimate of drug-likeness (QED) is 0.153. The summed E-state index contributed by atoms with van der Waals surface area (Å²) < 4.78 is 9.26. The summed E-state index contributed by atoms with van der Waals surface area (Å²) in [5.74, 6) is 1.85. The predicted octanol–water partition coefficient (Wildman–Crippen LogP) is 8.43. The van der Waals surface area contributed by atoms with Gasteiger partial charge in [-0.25, -0.2) is 18.3 Å². The highest BCUT2D eigenvalue weighted by Crippen LogP contribution is 2.32. The second-order valence-electron chi connectivity index (χ2n) is 12.9. The highest BCUT2D eigenvalue weighted by molar-refractivity contribution is 5.52. The van der Waals surface area contributed by atoms with Crippen LogP contribution in [0.5, 0.6) is 0 Å². The predicted molar refractivity (Wildman–Crippen MR) is 173 cm³/mol. The topological polar surface area (TPSA) is 17.6 Å². The minimum Gasteiger partial charge on any atom is -0.232 e. The van der Waals surface area contributed by atoms with Crippen molar-refractivity contribution in [2.45, 2.75) is 92.2 Å². The molecule has 0 aliphatic carbocycles. The van der Waals surface area contributed by atoms with Gasteiger partial charge in [-0.05, 0) is 23.7 Å². The lowest BCUT2D eigenvalue weighted by atomic mass is 9.92. The van der Waals surface area contributed by atoms with Crippen molar-refractivity contribution in [1.29, 1.82) is 0 Å². The number of nitrogens with zero attached hydrogens (tertiary/aromatic N) is 4. The van der Waals surface area contributed by atoms with Gasteiger partial charge in [-0.2, -0.15) is 0 Å². The fourth-order valence-corrected chi connectivity index (χ4v) is 6.12. The van der Waals surface area contributed by atoms with Crippen LogP contribution in [0.25, 0.3) is 11.4 Å². The van der Waals surface area contributed by atoms with Gasteiger partial charge >= 0.3 is 0 Å². The van der Waals surface area contributed by atoms with Gasteiger partial charge in [0.05, 0.1) is 0 Å². The number of hydrogen-bond acceptors (Lipinski definition) is 0. The molecule has 42 heavy (non-hydrogen) atoms. The van der Waals surface area contributed by atoms with E-state index >= 15 is 0 Å². The molecule has 2 heterocycles. The van der Waals surface area contributed by atoms with E-state index in [1.54, 1.807) is 0 Å². The molecule has 0 radical (unpaired) electrons. The average Bonchev–Trinajstić information content (AvgIpc) is 3.62. The number of aromatic nitrogens is 4. The molecular formula is C38H48N4+2. The number of imidazole rings is 2. The molecule has 0 saturated carbocycles. The van der Waals surface area contributed by atoms with Crippen LogP contribution in [0.2, 0.25) is 0 Å². The van der Waals surface area contributed by atoms with Gasteiger partial charge in [0.2, 0.25) is 12.7 Å². The first-order valence-electron chi connectivity index (χ1n) is 15.6. The summed E-state index contributed by atoms with van der Waals surface area (Å²) in [6.07, 6.45) is 13.3. The summed E-state index contributed by atoms with van der Waals surface area (Å²) in [6.45, 7) is 19.9. The molecule has 0 amide bonds. The lowest BCUT2D eigenvalue weighted by Crippen LogP contribution is -2.35. The third kappa shape index (κ3) is 6.13. The minimum atomic E-state index is 0.462. The van der Waals surface area contributed by atoms with Gasteiger partial charge in [0.1, 0.15) is 49.3 Å². The lowest BCUT2D eigenvalue weighted by Gasteiger charge is -2.16. The van der Waals surface area contributed by atoms with E-state index in [0.717, 1.165) is 13.1 Å². The first-order chi connectivity index (χ1) is 20.1. The first-order valence-corrected chi connectivity index (χ1v) is 15.6. The number of para-hydroxylation sites is 2. The Morgan fingerprint density at radius 1 is 0.476 bits per heavy atom. The molecule has 3 aromatic carbocycles. The molecule has 2 aromatic heterocycles. The van der Waals surface area contributed by atoms with E-state index in [0.29, 0.717) is 23.7 Å². The van der Waals surface area contributed by atoms with Gasteiger partial charge in [-0.1, -0.05) is 116 Å². The minimum absolute atomic E-state index is 0.462. The average molecular weight is 561 g/mol. The Balaban J connectivity index is 1.43. The Hall–Kier alpha value is -3.92. The van der Waals surface area contributed by atoms with Crippen LogP contribution in [0.15, 0.2) is 98.1 Å². The molecule has 4 nitrogen and oxygen atoms in total. The maximum atomic E-state index is 2.32. The van der Waals surface area contributed by atoms with Crippen molar-refractivity contribution < 1.29 is 9.13 Å². The molecule has 0 atom stereocenters. The molecular weight excluding hydrogens is 512 g/mol. The molecule has 0 fully saturated rings. The maximum Gasteiger partial charge on any atom is 0.249 e. The molecule has 4 heteroatoms. The summed E-state index contributed by atoms with van der Waals surface area (Å²) in [5.41, 5.74) is 10.9. The molecule has 0 unspecified atom stereocenters. The van der Waals surface area contributed by atoms with Gasteiger partial charge in [0, 0.05) is 33.4 Å². The normalized spacial score (nSPS) is 11.9. The summed E-state index contributed by atoms with van der Waals surface area (Å²) >= 11 is 0. The summed E-state index contributed by atoms with van der Waals surface area (Å²) in [4.78, 5) is 0. The zero-order valence-corrected chi connectivity index (χ0v) is 26.8. The van der Waals surface area contributed by atoms with Crippen LogP contribution >= 0.6 is 0 Å². The van der Waals surface area contributed by atoms with Crippen LogP contribution in [0, 0.1) is 0 Å². The summed E-state index contributed by atoms with van der Waals surface area (Å²) in [5, 5.41) is 0. The Bertz CT molecular complexity index is 1470. The van der Waals surface area contributed by atoms with Crippen LogP contribution in [-0.2, 0) is 13.1 Å². The zero-order valence-electron chi connectivity index (χ0n) is 26.8. The largest absolute Gasteiger partial charge is 0.249 e. The van der Waals surface area contributed by atoms with Gasteiger partial charge in [0.15, 0.2) is 0 Å². The molecule has 218 valence electrons. The third-order valence-corrected chi connectivity index (χ3v) is 8.41. The van der Waals surface area contributed by atoms with E-state index in [4.69, 9.17) is 0 Å². The van der Waals surface area contributed by atoms with Gasteiger partial charge in [-0.3, -0.25) is 0 Å². The van der Waals surface area contributed by atoms with Crippen molar-refractivity contribution in [3.8, 4) is 11.4 Å².